The minimum Gasteiger partial charge on any atom is -0.271 e. The van der Waals surface area contributed by atoms with Crippen LogP contribution in [0.3, 0.4) is 0 Å². The van der Waals surface area contributed by atoms with Crippen LogP contribution < -0.4 is 11.3 Å². The van der Waals surface area contributed by atoms with Crippen LogP contribution in [0.15, 0.2) is 11.4 Å². The van der Waals surface area contributed by atoms with Crippen LogP contribution in [0.4, 0.5) is 0 Å². The summed E-state index contributed by atoms with van der Waals surface area (Å²) in [5, 5.41) is 3.25. The number of rotatable bonds is 4. The third-order valence-electron chi connectivity index (χ3n) is 3.64. The minimum atomic E-state index is 0.192. The largest absolute Gasteiger partial charge is 0.271 e. The summed E-state index contributed by atoms with van der Waals surface area (Å²) in [6.07, 6.45) is 6.01. The van der Waals surface area contributed by atoms with Crippen molar-refractivity contribution in [2.45, 2.75) is 45.1 Å². The molecule has 0 aromatic carbocycles. The summed E-state index contributed by atoms with van der Waals surface area (Å²) in [6, 6.07) is 2.54. The average Bonchev–Trinajstić information content (AvgIpc) is 3.01. The Kier molecular flexibility index (Phi) is 3.98. The number of hydrogen-bond donors (Lipinski definition) is 2. The van der Waals surface area contributed by atoms with E-state index in [2.05, 4.69) is 21.9 Å². The molecule has 1 aliphatic rings. The zero-order valence-corrected chi connectivity index (χ0v) is 12.7. The van der Waals surface area contributed by atoms with Gasteiger partial charge in [-0.2, -0.15) is 0 Å². The lowest BCUT2D eigenvalue weighted by atomic mass is 9.98. The van der Waals surface area contributed by atoms with Gasteiger partial charge in [0.2, 0.25) is 0 Å². The molecule has 0 spiro atoms. The zero-order valence-electron chi connectivity index (χ0n) is 11.1. The summed E-state index contributed by atoms with van der Waals surface area (Å²) < 4.78 is 0. The van der Waals surface area contributed by atoms with Crippen molar-refractivity contribution in [1.82, 2.24) is 10.4 Å². The van der Waals surface area contributed by atoms with Gasteiger partial charge in [-0.15, -0.1) is 22.7 Å². The van der Waals surface area contributed by atoms with Crippen molar-refractivity contribution in [2.75, 3.05) is 0 Å². The number of thiophene rings is 1. The molecule has 0 saturated heterocycles. The molecule has 2 aromatic heterocycles. The molecule has 3 rings (SSSR count). The van der Waals surface area contributed by atoms with Crippen LogP contribution in [-0.4, -0.2) is 4.98 Å². The van der Waals surface area contributed by atoms with E-state index >= 15 is 0 Å². The van der Waals surface area contributed by atoms with Gasteiger partial charge in [0, 0.05) is 21.6 Å². The maximum absolute atomic E-state index is 5.75. The Hall–Kier alpha value is -0.750. The van der Waals surface area contributed by atoms with Crippen molar-refractivity contribution in [3.8, 4) is 0 Å². The minimum absolute atomic E-state index is 0.192. The number of hydrogen-bond acceptors (Lipinski definition) is 5. The Morgan fingerprint density at radius 2 is 2.26 bits per heavy atom. The van der Waals surface area contributed by atoms with E-state index < -0.39 is 0 Å². The van der Waals surface area contributed by atoms with Crippen LogP contribution in [0.25, 0.3) is 0 Å². The molecule has 3 nitrogen and oxygen atoms in total. The van der Waals surface area contributed by atoms with Gasteiger partial charge in [0.15, 0.2) is 0 Å². The first-order chi connectivity index (χ1) is 9.26. The van der Waals surface area contributed by atoms with Gasteiger partial charge in [-0.25, -0.2) is 4.98 Å². The van der Waals surface area contributed by atoms with Gasteiger partial charge in [-0.3, -0.25) is 11.3 Å². The normalized spacial score (nSPS) is 16.3. The smallest absolute Gasteiger partial charge is 0.0897 e. The maximum Gasteiger partial charge on any atom is 0.0897 e. The molecular weight excluding hydrogens is 274 g/mol. The standard InChI is InChI=1S/C14H19N3S2/c1-9-16-11(8-18-9)7-12(17-15)14-6-10-4-2-3-5-13(10)19-14/h6,8,12,17H,2-5,7,15H2,1H3. The first-order valence-corrected chi connectivity index (χ1v) is 8.44. The summed E-state index contributed by atoms with van der Waals surface area (Å²) in [7, 11) is 0. The van der Waals surface area contributed by atoms with E-state index in [9.17, 15) is 0 Å². The highest BCUT2D eigenvalue weighted by Gasteiger charge is 2.19. The lowest BCUT2D eigenvalue weighted by molar-refractivity contribution is 0.555. The fourth-order valence-corrected chi connectivity index (χ4v) is 4.58. The van der Waals surface area contributed by atoms with Gasteiger partial charge < -0.3 is 0 Å². The molecule has 0 saturated carbocycles. The number of nitrogens with zero attached hydrogens (tertiary/aromatic N) is 1. The predicted molar refractivity (Wildman–Crippen MR) is 81.6 cm³/mol. The summed E-state index contributed by atoms with van der Waals surface area (Å²) in [5.41, 5.74) is 5.64. The molecule has 3 N–H and O–H groups in total. The molecule has 19 heavy (non-hydrogen) atoms. The van der Waals surface area contributed by atoms with E-state index in [-0.39, 0.29) is 6.04 Å². The summed E-state index contributed by atoms with van der Waals surface area (Å²) >= 11 is 3.63. The van der Waals surface area contributed by atoms with Crippen molar-refractivity contribution in [3.05, 3.63) is 37.5 Å². The molecule has 2 heterocycles. The Morgan fingerprint density at radius 3 is 2.95 bits per heavy atom. The number of fused-ring (bicyclic) bond motifs is 1. The van der Waals surface area contributed by atoms with Crippen LogP contribution in [0, 0.1) is 6.92 Å². The molecule has 5 heteroatoms. The third kappa shape index (κ3) is 2.89. The van der Waals surface area contributed by atoms with Gasteiger partial charge >= 0.3 is 0 Å². The predicted octanol–water partition coefficient (Wildman–Crippen LogP) is 3.14. The molecule has 2 aromatic rings. The fraction of sp³-hybridized carbons (Fsp3) is 0.500. The van der Waals surface area contributed by atoms with Gasteiger partial charge in [-0.05, 0) is 44.2 Å². The second-order valence-corrected chi connectivity index (χ2v) is 7.32. The topological polar surface area (TPSA) is 50.9 Å². The van der Waals surface area contributed by atoms with Crippen molar-refractivity contribution in [2.24, 2.45) is 5.84 Å². The van der Waals surface area contributed by atoms with Gasteiger partial charge in [0.1, 0.15) is 0 Å². The van der Waals surface area contributed by atoms with E-state index in [4.69, 9.17) is 5.84 Å². The van der Waals surface area contributed by atoms with E-state index in [1.54, 1.807) is 21.8 Å². The van der Waals surface area contributed by atoms with Crippen LogP contribution in [-0.2, 0) is 19.3 Å². The number of nitrogens with two attached hydrogens (primary N) is 1. The molecule has 1 unspecified atom stereocenters. The molecule has 102 valence electrons. The Bertz CT molecular complexity index is 535. The number of hydrazine groups is 1. The van der Waals surface area contributed by atoms with Gasteiger partial charge in [0.25, 0.3) is 0 Å². The van der Waals surface area contributed by atoms with Crippen LogP contribution >= 0.6 is 22.7 Å². The van der Waals surface area contributed by atoms with Gasteiger partial charge in [-0.1, -0.05) is 0 Å². The van der Waals surface area contributed by atoms with Crippen molar-refractivity contribution >= 4 is 22.7 Å². The summed E-state index contributed by atoms with van der Waals surface area (Å²) in [4.78, 5) is 7.46. The van der Waals surface area contributed by atoms with Crippen LogP contribution in [0.5, 0.6) is 0 Å². The lowest BCUT2D eigenvalue weighted by Gasteiger charge is -2.12. The first-order valence-electron chi connectivity index (χ1n) is 6.75. The zero-order chi connectivity index (χ0) is 13.2. The van der Waals surface area contributed by atoms with Crippen LogP contribution in [0.2, 0.25) is 0 Å². The fourth-order valence-electron chi connectivity index (χ4n) is 2.64. The summed E-state index contributed by atoms with van der Waals surface area (Å²) in [5.74, 6) is 5.75. The second kappa shape index (κ2) is 5.71. The molecule has 1 atom stereocenters. The Labute approximate surface area is 121 Å². The highest BCUT2D eigenvalue weighted by molar-refractivity contribution is 7.12. The molecular formula is C14H19N3S2. The molecule has 0 radical (unpaired) electrons. The Balaban J connectivity index is 1.79. The number of thiazole rings is 1. The average molecular weight is 293 g/mol. The SMILES string of the molecule is Cc1nc(CC(NN)c2cc3c(s2)CCCC3)cs1. The number of nitrogens with one attached hydrogen (secondary N) is 1. The van der Waals surface area contributed by atoms with Crippen molar-refractivity contribution < 1.29 is 0 Å². The second-order valence-electron chi connectivity index (χ2n) is 5.09. The van der Waals surface area contributed by atoms with Crippen molar-refractivity contribution in [3.63, 3.8) is 0 Å². The number of aryl methyl sites for hydroxylation is 3. The Morgan fingerprint density at radius 1 is 1.42 bits per heavy atom. The molecule has 0 bridgehead atoms. The van der Waals surface area contributed by atoms with E-state index in [1.807, 2.05) is 18.3 Å². The van der Waals surface area contributed by atoms with E-state index in [0.717, 1.165) is 17.1 Å². The van der Waals surface area contributed by atoms with E-state index in [0.29, 0.717) is 0 Å². The van der Waals surface area contributed by atoms with Crippen molar-refractivity contribution in [1.29, 1.82) is 0 Å². The molecule has 1 aliphatic carbocycles. The monoisotopic (exact) mass is 293 g/mol. The maximum atomic E-state index is 5.75. The molecule has 0 aliphatic heterocycles. The highest BCUT2D eigenvalue weighted by Crippen LogP contribution is 2.33. The molecule has 0 amide bonds. The molecule has 0 fully saturated rings. The van der Waals surface area contributed by atoms with Crippen LogP contribution in [0.1, 0.15) is 44.9 Å². The quantitative estimate of drug-likeness (QED) is 0.672. The lowest BCUT2D eigenvalue weighted by Crippen LogP contribution is -2.29. The first kappa shape index (κ1) is 13.2. The van der Waals surface area contributed by atoms with Gasteiger partial charge in [0.05, 0.1) is 16.7 Å². The highest BCUT2D eigenvalue weighted by atomic mass is 32.1. The van der Waals surface area contributed by atoms with E-state index in [1.165, 1.54) is 30.6 Å². The number of aromatic nitrogens is 1. The third-order valence-corrected chi connectivity index (χ3v) is 5.81. The summed E-state index contributed by atoms with van der Waals surface area (Å²) in [6.45, 7) is 2.04.